The van der Waals surface area contributed by atoms with Crippen LogP contribution in [0.4, 0.5) is 0 Å². The van der Waals surface area contributed by atoms with Crippen LogP contribution in [0.1, 0.15) is 66.2 Å². The van der Waals surface area contributed by atoms with Gasteiger partial charge in [0.2, 0.25) is 0 Å². The maximum absolute atomic E-state index is 2.24. The average Bonchev–Trinajstić information content (AvgIpc) is 2.41. The van der Waals surface area contributed by atoms with Gasteiger partial charge in [-0.05, 0) is 5.41 Å². The molecule has 0 N–H and O–H groups in total. The third-order valence-electron chi connectivity index (χ3n) is 2.31. The normalized spacial score (nSPS) is 17.5. The molecule has 1 aliphatic carbocycles. The highest BCUT2D eigenvalue weighted by atomic mass is 14.1. The van der Waals surface area contributed by atoms with E-state index in [1.54, 1.807) is 0 Å². The molecule has 0 aromatic carbocycles. The molecule has 0 bridgehead atoms. The fourth-order valence-electron chi connectivity index (χ4n) is 0.884. The van der Waals surface area contributed by atoms with Gasteiger partial charge in [-0.2, -0.15) is 0 Å². The Balaban J connectivity index is 0.000000183. The Morgan fingerprint density at radius 1 is 0.818 bits per heavy atom. The molecule has 0 aromatic rings. The smallest absolute Gasteiger partial charge is 0.0385 e. The standard InChI is InChI=1S/C6H14.C5H10/c1-5-6(2,3)4;1-2-4-5-3-1/h5H2,1-4H3;1-5H2. The largest absolute Gasteiger partial charge is 0.0649 e. The molecule has 1 aliphatic rings. The first-order valence-electron chi connectivity index (χ1n) is 5.06. The predicted octanol–water partition coefficient (Wildman–Crippen LogP) is 4.39. The summed E-state index contributed by atoms with van der Waals surface area (Å²) in [5, 5.41) is 0. The van der Waals surface area contributed by atoms with Gasteiger partial charge in [-0.3, -0.25) is 0 Å². The van der Waals surface area contributed by atoms with E-state index in [-0.39, 0.29) is 0 Å². The minimum absolute atomic E-state index is 0.542. The van der Waals surface area contributed by atoms with Crippen molar-refractivity contribution in [1.82, 2.24) is 0 Å². The summed E-state index contributed by atoms with van der Waals surface area (Å²) in [4.78, 5) is 0. The summed E-state index contributed by atoms with van der Waals surface area (Å²) in [7, 11) is 0. The van der Waals surface area contributed by atoms with Gasteiger partial charge in [-0.15, -0.1) is 0 Å². The zero-order chi connectivity index (χ0) is 8.74. The molecule has 0 heterocycles. The fourth-order valence-corrected chi connectivity index (χ4v) is 0.884. The summed E-state index contributed by atoms with van der Waals surface area (Å²) in [5.74, 6) is 0. The fraction of sp³-hybridized carbons (Fsp3) is 1.00. The topological polar surface area (TPSA) is 0 Å². The molecule has 0 nitrogen and oxygen atoms in total. The summed E-state index contributed by atoms with van der Waals surface area (Å²) < 4.78 is 0. The van der Waals surface area contributed by atoms with Crippen molar-refractivity contribution in [3.05, 3.63) is 0 Å². The van der Waals surface area contributed by atoms with Gasteiger partial charge >= 0.3 is 0 Å². The van der Waals surface area contributed by atoms with Crippen LogP contribution < -0.4 is 0 Å². The minimum Gasteiger partial charge on any atom is -0.0649 e. The maximum Gasteiger partial charge on any atom is -0.0385 e. The van der Waals surface area contributed by atoms with Gasteiger partial charge in [0.15, 0.2) is 0 Å². The van der Waals surface area contributed by atoms with Crippen LogP contribution in [0.25, 0.3) is 0 Å². The highest BCUT2D eigenvalue weighted by Gasteiger charge is 2.03. The molecule has 11 heavy (non-hydrogen) atoms. The van der Waals surface area contributed by atoms with Crippen LogP contribution in [0.2, 0.25) is 0 Å². The molecule has 0 aliphatic heterocycles. The van der Waals surface area contributed by atoms with Crippen LogP contribution in [0.3, 0.4) is 0 Å². The number of rotatable bonds is 0. The van der Waals surface area contributed by atoms with Gasteiger partial charge in [0.05, 0.1) is 0 Å². The Bertz CT molecular complexity index is 64.9. The SMILES string of the molecule is C1CCCC1.CCC(C)(C)C. The summed E-state index contributed by atoms with van der Waals surface area (Å²) in [6, 6.07) is 0. The highest BCUT2D eigenvalue weighted by molar-refractivity contribution is 4.55. The lowest BCUT2D eigenvalue weighted by atomic mass is 9.94. The number of hydrogen-bond donors (Lipinski definition) is 0. The van der Waals surface area contributed by atoms with Crippen molar-refractivity contribution in [2.75, 3.05) is 0 Å². The van der Waals surface area contributed by atoms with Crippen molar-refractivity contribution in [2.45, 2.75) is 66.2 Å². The Hall–Kier alpha value is 0. The molecule has 0 atom stereocenters. The van der Waals surface area contributed by atoms with Crippen molar-refractivity contribution in [3.8, 4) is 0 Å². The second-order valence-electron chi connectivity index (χ2n) is 4.68. The quantitative estimate of drug-likeness (QED) is 0.488. The van der Waals surface area contributed by atoms with E-state index in [4.69, 9.17) is 0 Å². The van der Waals surface area contributed by atoms with Crippen molar-refractivity contribution in [2.24, 2.45) is 5.41 Å². The van der Waals surface area contributed by atoms with E-state index in [1.807, 2.05) is 0 Å². The molecule has 0 aromatic heterocycles. The lowest BCUT2D eigenvalue weighted by molar-refractivity contribution is 0.398. The first-order chi connectivity index (χ1) is 5.06. The molecular formula is C11H24. The monoisotopic (exact) mass is 156 g/mol. The maximum atomic E-state index is 2.24. The third kappa shape index (κ3) is 10.0. The molecule has 1 rings (SSSR count). The lowest BCUT2D eigenvalue weighted by Crippen LogP contribution is -2.00. The van der Waals surface area contributed by atoms with E-state index in [2.05, 4.69) is 27.7 Å². The predicted molar refractivity (Wildman–Crippen MR) is 52.8 cm³/mol. The van der Waals surface area contributed by atoms with Crippen molar-refractivity contribution in [1.29, 1.82) is 0 Å². The summed E-state index contributed by atoms with van der Waals surface area (Å²) in [5.41, 5.74) is 0.542. The summed E-state index contributed by atoms with van der Waals surface area (Å²) in [6.07, 6.45) is 8.77. The van der Waals surface area contributed by atoms with Crippen LogP contribution in [0.5, 0.6) is 0 Å². The summed E-state index contributed by atoms with van der Waals surface area (Å²) >= 11 is 0. The van der Waals surface area contributed by atoms with Gasteiger partial charge in [0.25, 0.3) is 0 Å². The Kier molecular flexibility index (Phi) is 5.62. The summed E-state index contributed by atoms with van der Waals surface area (Å²) in [6.45, 7) is 8.94. The molecular weight excluding hydrogens is 132 g/mol. The van der Waals surface area contributed by atoms with E-state index in [1.165, 1.54) is 38.5 Å². The second kappa shape index (κ2) is 5.62. The van der Waals surface area contributed by atoms with Gasteiger partial charge < -0.3 is 0 Å². The van der Waals surface area contributed by atoms with Crippen molar-refractivity contribution < 1.29 is 0 Å². The first kappa shape index (κ1) is 11.0. The van der Waals surface area contributed by atoms with Crippen LogP contribution in [0.15, 0.2) is 0 Å². The van der Waals surface area contributed by atoms with Gasteiger partial charge in [-0.25, -0.2) is 0 Å². The van der Waals surface area contributed by atoms with Crippen molar-refractivity contribution in [3.63, 3.8) is 0 Å². The minimum atomic E-state index is 0.542. The molecule has 0 spiro atoms. The van der Waals surface area contributed by atoms with E-state index < -0.39 is 0 Å². The van der Waals surface area contributed by atoms with Crippen LogP contribution in [0, 0.1) is 5.41 Å². The first-order valence-corrected chi connectivity index (χ1v) is 5.06. The molecule has 0 saturated heterocycles. The number of hydrogen-bond acceptors (Lipinski definition) is 0. The van der Waals surface area contributed by atoms with Crippen molar-refractivity contribution >= 4 is 0 Å². The van der Waals surface area contributed by atoms with E-state index in [0.29, 0.717) is 5.41 Å². The third-order valence-corrected chi connectivity index (χ3v) is 2.31. The molecule has 1 fully saturated rings. The average molecular weight is 156 g/mol. The Morgan fingerprint density at radius 2 is 1.00 bits per heavy atom. The van der Waals surface area contributed by atoms with Crippen LogP contribution in [-0.2, 0) is 0 Å². The molecule has 0 unspecified atom stereocenters. The lowest BCUT2D eigenvalue weighted by Gasteiger charge is -2.12. The van der Waals surface area contributed by atoms with Gasteiger partial charge in [0, 0.05) is 0 Å². The second-order valence-corrected chi connectivity index (χ2v) is 4.68. The Labute approximate surface area is 72.4 Å². The van der Waals surface area contributed by atoms with Crippen LogP contribution in [-0.4, -0.2) is 0 Å². The Morgan fingerprint density at radius 3 is 1.09 bits per heavy atom. The molecule has 0 heteroatoms. The zero-order valence-corrected chi connectivity index (χ0v) is 8.74. The molecule has 0 amide bonds. The van der Waals surface area contributed by atoms with Crippen LogP contribution >= 0.6 is 0 Å². The van der Waals surface area contributed by atoms with Gasteiger partial charge in [0.1, 0.15) is 0 Å². The van der Waals surface area contributed by atoms with E-state index in [0.717, 1.165) is 0 Å². The van der Waals surface area contributed by atoms with E-state index >= 15 is 0 Å². The highest BCUT2D eigenvalue weighted by Crippen LogP contribution is 2.16. The molecule has 68 valence electrons. The van der Waals surface area contributed by atoms with E-state index in [9.17, 15) is 0 Å². The molecule has 0 radical (unpaired) electrons. The molecule has 1 saturated carbocycles. The zero-order valence-electron chi connectivity index (χ0n) is 8.74. The van der Waals surface area contributed by atoms with Gasteiger partial charge in [-0.1, -0.05) is 66.2 Å².